The van der Waals surface area contributed by atoms with Crippen LogP contribution in [0.25, 0.3) is 0 Å². The van der Waals surface area contributed by atoms with Crippen LogP contribution in [0.2, 0.25) is 10.0 Å². The van der Waals surface area contributed by atoms with Gasteiger partial charge in [0.1, 0.15) is 0 Å². The van der Waals surface area contributed by atoms with Crippen LogP contribution in [0.15, 0.2) is 42.7 Å². The van der Waals surface area contributed by atoms with E-state index in [4.69, 9.17) is 27.9 Å². The fourth-order valence-electron chi connectivity index (χ4n) is 1.24. The second kappa shape index (κ2) is 5.71. The van der Waals surface area contributed by atoms with E-state index in [1.54, 1.807) is 30.5 Å². The van der Waals surface area contributed by atoms with E-state index in [9.17, 15) is 4.79 Å². The number of hydrogen-bond acceptors (Lipinski definition) is 3. The van der Waals surface area contributed by atoms with Crippen molar-refractivity contribution >= 4 is 35.0 Å². The lowest BCUT2D eigenvalue weighted by molar-refractivity contribution is 0.215. The zero-order valence-corrected chi connectivity index (χ0v) is 10.6. The summed E-state index contributed by atoms with van der Waals surface area (Å²) in [5.41, 5.74) is 0.387. The number of nitrogens with one attached hydrogen (secondary N) is 1. The van der Waals surface area contributed by atoms with Crippen molar-refractivity contribution in [3.63, 3.8) is 0 Å². The predicted octanol–water partition coefficient (Wildman–Crippen LogP) is 4.00. The Balaban J connectivity index is 2.05. The lowest BCUT2D eigenvalue weighted by Crippen LogP contribution is -2.17. The van der Waals surface area contributed by atoms with Crippen LogP contribution in [-0.4, -0.2) is 11.1 Å². The fourth-order valence-corrected chi connectivity index (χ4v) is 1.58. The second-order valence-corrected chi connectivity index (χ2v) is 4.17. The Labute approximate surface area is 114 Å². The molecule has 0 saturated carbocycles. The van der Waals surface area contributed by atoms with Gasteiger partial charge in [-0.05, 0) is 30.3 Å². The van der Waals surface area contributed by atoms with E-state index in [0.29, 0.717) is 21.5 Å². The van der Waals surface area contributed by atoms with Crippen LogP contribution in [-0.2, 0) is 0 Å². The van der Waals surface area contributed by atoms with Gasteiger partial charge in [-0.2, -0.15) is 0 Å². The summed E-state index contributed by atoms with van der Waals surface area (Å²) >= 11 is 11.7. The molecule has 0 aliphatic carbocycles. The van der Waals surface area contributed by atoms with Gasteiger partial charge < -0.3 is 4.74 Å². The topological polar surface area (TPSA) is 51.2 Å². The highest BCUT2D eigenvalue weighted by atomic mass is 35.5. The maximum atomic E-state index is 11.6. The van der Waals surface area contributed by atoms with Gasteiger partial charge in [-0.25, -0.2) is 4.79 Å². The number of rotatable bonds is 2. The number of amides is 1. The van der Waals surface area contributed by atoms with E-state index in [1.165, 1.54) is 12.3 Å². The van der Waals surface area contributed by atoms with E-state index >= 15 is 0 Å². The van der Waals surface area contributed by atoms with E-state index < -0.39 is 6.09 Å². The summed E-state index contributed by atoms with van der Waals surface area (Å²) in [6, 6.07) is 8.03. The van der Waals surface area contributed by atoms with Gasteiger partial charge >= 0.3 is 6.09 Å². The van der Waals surface area contributed by atoms with Crippen LogP contribution in [0.5, 0.6) is 5.75 Å². The molecule has 2 rings (SSSR count). The SMILES string of the molecule is O=C(Nc1cc(Cl)ccc1Cl)Oc1cccnc1. The molecule has 1 heterocycles. The van der Waals surface area contributed by atoms with Gasteiger partial charge in [-0.1, -0.05) is 23.2 Å². The van der Waals surface area contributed by atoms with Crippen LogP contribution in [0.3, 0.4) is 0 Å². The Morgan fingerprint density at radius 1 is 1.28 bits per heavy atom. The van der Waals surface area contributed by atoms with Gasteiger partial charge in [0.05, 0.1) is 16.9 Å². The molecule has 2 aromatic rings. The second-order valence-electron chi connectivity index (χ2n) is 3.33. The molecule has 0 spiro atoms. The standard InChI is InChI=1S/C12H8Cl2N2O2/c13-8-3-4-10(14)11(6-8)16-12(17)18-9-2-1-5-15-7-9/h1-7H,(H,16,17). The molecule has 1 amide bonds. The zero-order valence-electron chi connectivity index (χ0n) is 9.06. The Morgan fingerprint density at radius 3 is 2.83 bits per heavy atom. The molecule has 1 aromatic carbocycles. The van der Waals surface area contributed by atoms with Crippen molar-refractivity contribution in [1.29, 1.82) is 0 Å². The third kappa shape index (κ3) is 3.35. The average molecular weight is 283 g/mol. The number of ether oxygens (including phenoxy) is 1. The lowest BCUT2D eigenvalue weighted by atomic mass is 10.3. The molecule has 4 nitrogen and oxygen atoms in total. The Kier molecular flexibility index (Phi) is 4.02. The van der Waals surface area contributed by atoms with Gasteiger partial charge in [0.2, 0.25) is 0 Å². The van der Waals surface area contributed by atoms with Crippen molar-refractivity contribution in [1.82, 2.24) is 4.98 Å². The third-order valence-corrected chi connectivity index (χ3v) is 2.57. The summed E-state index contributed by atoms with van der Waals surface area (Å²) in [6.45, 7) is 0. The van der Waals surface area contributed by atoms with Crippen molar-refractivity contribution in [2.75, 3.05) is 5.32 Å². The van der Waals surface area contributed by atoms with E-state index in [1.807, 2.05) is 0 Å². The Morgan fingerprint density at radius 2 is 2.11 bits per heavy atom. The predicted molar refractivity (Wildman–Crippen MR) is 70.3 cm³/mol. The first kappa shape index (κ1) is 12.7. The molecular weight excluding hydrogens is 275 g/mol. The third-order valence-electron chi connectivity index (χ3n) is 2.01. The number of pyridine rings is 1. The quantitative estimate of drug-likeness (QED) is 0.906. The number of halogens is 2. The maximum absolute atomic E-state index is 11.6. The smallest absolute Gasteiger partial charge is 0.408 e. The minimum absolute atomic E-state index is 0.341. The van der Waals surface area contributed by atoms with Crippen molar-refractivity contribution in [2.45, 2.75) is 0 Å². The van der Waals surface area contributed by atoms with Crippen LogP contribution in [0.4, 0.5) is 10.5 Å². The molecule has 0 aliphatic heterocycles. The van der Waals surface area contributed by atoms with Gasteiger partial charge in [-0.3, -0.25) is 10.3 Å². The summed E-state index contributed by atoms with van der Waals surface area (Å²) in [4.78, 5) is 15.4. The molecule has 18 heavy (non-hydrogen) atoms. The largest absolute Gasteiger partial charge is 0.417 e. The molecule has 6 heteroatoms. The molecule has 92 valence electrons. The summed E-state index contributed by atoms with van der Waals surface area (Å²) < 4.78 is 5.00. The average Bonchev–Trinajstić information content (AvgIpc) is 2.35. The van der Waals surface area contributed by atoms with Crippen LogP contribution in [0, 0.1) is 0 Å². The number of hydrogen-bond donors (Lipinski definition) is 1. The highest BCUT2D eigenvalue weighted by Gasteiger charge is 2.08. The summed E-state index contributed by atoms with van der Waals surface area (Å²) in [7, 11) is 0. The van der Waals surface area contributed by atoms with Gasteiger partial charge in [0.25, 0.3) is 0 Å². The van der Waals surface area contributed by atoms with Gasteiger partial charge in [-0.15, -0.1) is 0 Å². The summed E-state index contributed by atoms with van der Waals surface area (Å²) in [6.07, 6.45) is 2.35. The van der Waals surface area contributed by atoms with E-state index in [2.05, 4.69) is 10.3 Å². The van der Waals surface area contributed by atoms with E-state index in [0.717, 1.165) is 0 Å². The van der Waals surface area contributed by atoms with Crippen molar-refractivity contribution in [3.05, 3.63) is 52.8 Å². The Bertz CT molecular complexity index is 561. The molecular formula is C12H8Cl2N2O2. The first-order valence-corrected chi connectivity index (χ1v) is 5.74. The molecule has 0 fully saturated rings. The normalized spacial score (nSPS) is 9.89. The first-order valence-electron chi connectivity index (χ1n) is 4.99. The van der Waals surface area contributed by atoms with E-state index in [-0.39, 0.29) is 0 Å². The maximum Gasteiger partial charge on any atom is 0.417 e. The van der Waals surface area contributed by atoms with Crippen molar-refractivity contribution < 1.29 is 9.53 Å². The fraction of sp³-hybridized carbons (Fsp3) is 0. The molecule has 0 saturated heterocycles. The monoisotopic (exact) mass is 282 g/mol. The van der Waals surface area contributed by atoms with Crippen LogP contribution >= 0.6 is 23.2 Å². The number of nitrogens with zero attached hydrogens (tertiary/aromatic N) is 1. The zero-order chi connectivity index (χ0) is 13.0. The van der Waals surface area contributed by atoms with Crippen LogP contribution in [0.1, 0.15) is 0 Å². The molecule has 0 atom stereocenters. The summed E-state index contributed by atoms with van der Waals surface area (Å²) in [5.74, 6) is 0.341. The molecule has 0 unspecified atom stereocenters. The Hall–Kier alpha value is -1.78. The lowest BCUT2D eigenvalue weighted by Gasteiger charge is -2.07. The first-order chi connectivity index (χ1) is 8.65. The van der Waals surface area contributed by atoms with Crippen molar-refractivity contribution in [3.8, 4) is 5.75 Å². The molecule has 0 radical (unpaired) electrons. The minimum Gasteiger partial charge on any atom is -0.408 e. The van der Waals surface area contributed by atoms with Crippen molar-refractivity contribution in [2.24, 2.45) is 0 Å². The molecule has 1 N–H and O–H groups in total. The van der Waals surface area contributed by atoms with Crippen LogP contribution < -0.4 is 10.1 Å². The number of carbonyl (C=O) groups excluding carboxylic acids is 1. The molecule has 0 bridgehead atoms. The number of benzene rings is 1. The highest BCUT2D eigenvalue weighted by molar-refractivity contribution is 6.35. The summed E-state index contributed by atoms with van der Waals surface area (Å²) in [5, 5.41) is 3.34. The number of carbonyl (C=O) groups is 1. The van der Waals surface area contributed by atoms with Gasteiger partial charge in [0.15, 0.2) is 5.75 Å². The molecule has 1 aromatic heterocycles. The number of aromatic nitrogens is 1. The molecule has 0 aliphatic rings. The number of anilines is 1. The highest BCUT2D eigenvalue weighted by Crippen LogP contribution is 2.25. The minimum atomic E-state index is -0.660. The van der Waals surface area contributed by atoms with Gasteiger partial charge in [0, 0.05) is 11.2 Å².